The number of allylic oxidation sites excluding steroid dienone is 3. The van der Waals surface area contributed by atoms with Crippen LogP contribution in [0.3, 0.4) is 0 Å². The Hall–Kier alpha value is -1.13. The molecular weight excluding hydrogens is 807 g/mol. The first-order chi connectivity index (χ1) is 32.7. The van der Waals surface area contributed by atoms with Crippen LogP contribution in [-0.4, -0.2) is 34.9 Å². The van der Waals surface area contributed by atoms with Crippen molar-refractivity contribution in [3.8, 4) is 0 Å². The molecule has 0 aliphatic heterocycles. The Bertz CT molecular complexity index is 963. The van der Waals surface area contributed by atoms with E-state index in [1.807, 2.05) is 6.08 Å². The van der Waals surface area contributed by atoms with Crippen molar-refractivity contribution in [3.63, 3.8) is 0 Å². The summed E-state index contributed by atoms with van der Waals surface area (Å²) >= 11 is 0. The van der Waals surface area contributed by atoms with Gasteiger partial charge in [-0.05, 0) is 32.1 Å². The highest BCUT2D eigenvalue weighted by molar-refractivity contribution is 5.76. The summed E-state index contributed by atoms with van der Waals surface area (Å²) < 4.78 is 0. The van der Waals surface area contributed by atoms with Crippen LogP contribution in [0.15, 0.2) is 24.3 Å². The van der Waals surface area contributed by atoms with Crippen LogP contribution < -0.4 is 5.32 Å². The van der Waals surface area contributed by atoms with E-state index in [9.17, 15) is 15.0 Å². The third kappa shape index (κ3) is 53.8. The van der Waals surface area contributed by atoms with Crippen LogP contribution in [0, 0.1) is 0 Å². The van der Waals surface area contributed by atoms with Crippen LogP contribution in [0.25, 0.3) is 0 Å². The third-order valence-corrected chi connectivity index (χ3v) is 14.4. The molecule has 0 aromatic carbocycles. The summed E-state index contributed by atoms with van der Waals surface area (Å²) in [6, 6.07) is -0.637. The van der Waals surface area contributed by atoms with Crippen LogP contribution >= 0.6 is 0 Å². The van der Waals surface area contributed by atoms with E-state index >= 15 is 0 Å². The zero-order chi connectivity index (χ0) is 47.7. The predicted octanol–water partition coefficient (Wildman–Crippen LogP) is 20.3. The summed E-state index contributed by atoms with van der Waals surface area (Å²) in [4.78, 5) is 12.5. The van der Waals surface area contributed by atoms with Gasteiger partial charge in [0.05, 0.1) is 18.8 Å². The smallest absolute Gasteiger partial charge is 0.220 e. The van der Waals surface area contributed by atoms with Crippen molar-refractivity contribution in [1.82, 2.24) is 5.32 Å². The van der Waals surface area contributed by atoms with Crippen LogP contribution in [0.5, 0.6) is 0 Å². The van der Waals surface area contributed by atoms with Crippen molar-refractivity contribution < 1.29 is 15.0 Å². The highest BCUT2D eigenvalue weighted by atomic mass is 16.3. The lowest BCUT2D eigenvalue weighted by molar-refractivity contribution is -0.123. The maximum absolute atomic E-state index is 12.5. The first-order valence-electron chi connectivity index (χ1n) is 30.6. The lowest BCUT2D eigenvalue weighted by Crippen LogP contribution is -2.45. The number of hydrogen-bond donors (Lipinski definition) is 3. The SMILES string of the molecule is CCCCCCCCCCCCCCCCCCCCCCCC/C=C/CC/C=C/C(O)C(CO)NC(=O)CCCCCCCCCCCCCCCCCCCCCCCCCCCC. The third-order valence-electron chi connectivity index (χ3n) is 14.4. The Morgan fingerprint density at radius 2 is 0.591 bits per heavy atom. The summed E-state index contributed by atoms with van der Waals surface area (Å²) in [7, 11) is 0. The number of nitrogens with one attached hydrogen (secondary N) is 1. The largest absolute Gasteiger partial charge is 0.394 e. The molecule has 2 atom stereocenters. The van der Waals surface area contributed by atoms with Gasteiger partial charge in [0, 0.05) is 6.42 Å². The summed E-state index contributed by atoms with van der Waals surface area (Å²) in [6.07, 6.45) is 78.0. The maximum Gasteiger partial charge on any atom is 0.220 e. The number of carbonyl (C=O) groups excluding carboxylic acids is 1. The van der Waals surface area contributed by atoms with E-state index in [0.29, 0.717) is 6.42 Å². The minimum absolute atomic E-state index is 0.0656. The van der Waals surface area contributed by atoms with Crippen molar-refractivity contribution in [1.29, 1.82) is 0 Å². The molecule has 0 bridgehead atoms. The van der Waals surface area contributed by atoms with E-state index in [1.165, 1.54) is 295 Å². The average molecular weight is 929 g/mol. The molecule has 0 aromatic heterocycles. The predicted molar refractivity (Wildman–Crippen MR) is 295 cm³/mol. The molecule has 4 heteroatoms. The first-order valence-corrected chi connectivity index (χ1v) is 30.6. The molecule has 392 valence electrons. The van der Waals surface area contributed by atoms with Crippen LogP contribution in [0.2, 0.25) is 0 Å². The van der Waals surface area contributed by atoms with Crippen molar-refractivity contribution in [2.24, 2.45) is 0 Å². The number of carbonyl (C=O) groups is 1. The Morgan fingerprint density at radius 3 is 0.879 bits per heavy atom. The molecule has 0 spiro atoms. The summed E-state index contributed by atoms with van der Waals surface area (Å²) in [5.74, 6) is -0.0656. The highest BCUT2D eigenvalue weighted by Crippen LogP contribution is 2.18. The quantitative estimate of drug-likeness (QED) is 0.0420. The second kappa shape index (κ2) is 58.2. The molecule has 0 aromatic rings. The van der Waals surface area contributed by atoms with Crippen LogP contribution in [-0.2, 0) is 4.79 Å². The highest BCUT2D eigenvalue weighted by Gasteiger charge is 2.18. The van der Waals surface area contributed by atoms with Crippen molar-refractivity contribution >= 4 is 5.91 Å². The molecule has 3 N–H and O–H groups in total. The molecular formula is C62H121NO3. The van der Waals surface area contributed by atoms with E-state index < -0.39 is 12.1 Å². The minimum atomic E-state index is -0.860. The summed E-state index contributed by atoms with van der Waals surface area (Å²) in [5.41, 5.74) is 0. The normalized spacial score (nSPS) is 12.8. The van der Waals surface area contributed by atoms with Gasteiger partial charge in [-0.2, -0.15) is 0 Å². The average Bonchev–Trinajstić information content (AvgIpc) is 3.32. The Balaban J connectivity index is 3.47. The number of aliphatic hydroxyl groups excluding tert-OH is 2. The number of hydrogen-bond acceptors (Lipinski definition) is 3. The molecule has 0 radical (unpaired) electrons. The Kier molecular flexibility index (Phi) is 57.2. The van der Waals surface area contributed by atoms with E-state index in [1.54, 1.807) is 6.08 Å². The lowest BCUT2D eigenvalue weighted by Gasteiger charge is -2.19. The van der Waals surface area contributed by atoms with Crippen LogP contribution in [0.1, 0.15) is 348 Å². The number of unbranched alkanes of at least 4 members (excludes halogenated alkanes) is 48. The van der Waals surface area contributed by atoms with Gasteiger partial charge in [-0.3, -0.25) is 4.79 Å². The molecule has 0 saturated carbocycles. The first kappa shape index (κ1) is 64.9. The maximum atomic E-state index is 12.5. The van der Waals surface area contributed by atoms with Gasteiger partial charge in [-0.25, -0.2) is 0 Å². The number of amides is 1. The monoisotopic (exact) mass is 928 g/mol. The molecule has 0 saturated heterocycles. The fourth-order valence-electron chi connectivity index (χ4n) is 9.79. The molecule has 66 heavy (non-hydrogen) atoms. The van der Waals surface area contributed by atoms with Gasteiger partial charge in [0.25, 0.3) is 0 Å². The van der Waals surface area contributed by atoms with E-state index in [0.717, 1.165) is 32.1 Å². The van der Waals surface area contributed by atoms with Gasteiger partial charge in [-0.1, -0.05) is 334 Å². The van der Waals surface area contributed by atoms with Crippen LogP contribution in [0.4, 0.5) is 0 Å². The number of aliphatic hydroxyl groups is 2. The minimum Gasteiger partial charge on any atom is -0.394 e. The molecule has 0 rings (SSSR count). The molecule has 4 nitrogen and oxygen atoms in total. The van der Waals surface area contributed by atoms with Gasteiger partial charge in [0.2, 0.25) is 5.91 Å². The standard InChI is InChI=1S/C62H121NO3/c1-3-5-7-9-11-13-15-17-19-21-23-25-27-29-31-32-33-35-37-39-41-43-45-47-49-51-53-55-57-61(65)60(59-64)63-62(66)58-56-54-52-50-48-46-44-42-40-38-36-34-30-28-26-24-22-20-18-16-14-12-10-8-6-4-2/h47,49,55,57,60-61,64-65H,3-46,48,50-54,56,58-59H2,1-2H3,(H,63,66)/b49-47+,57-55+. The number of rotatable bonds is 57. The van der Waals surface area contributed by atoms with E-state index in [4.69, 9.17) is 0 Å². The zero-order valence-corrected chi connectivity index (χ0v) is 45.2. The molecule has 0 aliphatic carbocycles. The van der Waals surface area contributed by atoms with E-state index in [2.05, 4.69) is 31.3 Å². The van der Waals surface area contributed by atoms with Gasteiger partial charge in [0.1, 0.15) is 0 Å². The molecule has 1 amide bonds. The molecule has 0 heterocycles. The van der Waals surface area contributed by atoms with Crippen molar-refractivity contribution in [3.05, 3.63) is 24.3 Å². The summed E-state index contributed by atoms with van der Waals surface area (Å²) in [5, 5.41) is 23.2. The van der Waals surface area contributed by atoms with Gasteiger partial charge < -0.3 is 15.5 Å². The van der Waals surface area contributed by atoms with Crippen molar-refractivity contribution in [2.75, 3.05) is 6.61 Å². The Morgan fingerprint density at radius 1 is 0.348 bits per heavy atom. The molecule has 0 aliphatic rings. The lowest BCUT2D eigenvalue weighted by atomic mass is 10.0. The van der Waals surface area contributed by atoms with Gasteiger partial charge in [0.15, 0.2) is 0 Å². The topological polar surface area (TPSA) is 69.6 Å². The molecule has 0 fully saturated rings. The van der Waals surface area contributed by atoms with Crippen molar-refractivity contribution in [2.45, 2.75) is 360 Å². The molecule has 2 unspecified atom stereocenters. The second-order valence-corrected chi connectivity index (χ2v) is 21.1. The second-order valence-electron chi connectivity index (χ2n) is 21.1. The summed E-state index contributed by atoms with van der Waals surface area (Å²) in [6.45, 7) is 4.35. The van der Waals surface area contributed by atoms with Gasteiger partial charge >= 0.3 is 0 Å². The zero-order valence-electron chi connectivity index (χ0n) is 45.2. The van der Waals surface area contributed by atoms with E-state index in [-0.39, 0.29) is 12.5 Å². The fraction of sp³-hybridized carbons (Fsp3) is 0.919. The Labute approximate surface area is 415 Å². The fourth-order valence-corrected chi connectivity index (χ4v) is 9.79. The van der Waals surface area contributed by atoms with Gasteiger partial charge in [-0.15, -0.1) is 0 Å².